The topological polar surface area (TPSA) is 55.6 Å². The van der Waals surface area contributed by atoms with Gasteiger partial charge in [-0.15, -0.1) is 0 Å². The number of anilines is 2. The number of fused-ring (bicyclic) bond motifs is 1. The molecule has 1 aliphatic heterocycles. The van der Waals surface area contributed by atoms with Gasteiger partial charge >= 0.3 is 0 Å². The van der Waals surface area contributed by atoms with E-state index in [2.05, 4.69) is 19.1 Å². The Balaban J connectivity index is 1.97. The zero-order valence-electron chi connectivity index (χ0n) is 12.7. The number of carbonyl (C=O) groups excluding carboxylic acids is 1. The average molecular weight is 294 g/mol. The van der Waals surface area contributed by atoms with Crippen LogP contribution in [0.2, 0.25) is 0 Å². The second-order valence-electron chi connectivity index (χ2n) is 5.30. The first-order valence-electron chi connectivity index (χ1n) is 7.24. The number of nitrogens with two attached hydrogens (primary N) is 1. The van der Waals surface area contributed by atoms with Crippen molar-refractivity contribution in [3.8, 4) is 5.75 Å². The summed E-state index contributed by atoms with van der Waals surface area (Å²) >= 11 is 0. The molecule has 2 aromatic carbocycles. The van der Waals surface area contributed by atoms with Gasteiger partial charge in [-0.05, 0) is 35.8 Å². The Hall–Kier alpha value is -2.75. The molecule has 0 fully saturated rings. The summed E-state index contributed by atoms with van der Waals surface area (Å²) < 4.78 is 5.75. The number of aryl methyl sites for hydroxylation is 1. The molecule has 0 unspecified atom stereocenters. The Morgan fingerprint density at radius 2 is 1.91 bits per heavy atom. The van der Waals surface area contributed by atoms with Crippen LogP contribution < -0.4 is 15.4 Å². The van der Waals surface area contributed by atoms with Crippen LogP contribution in [0.15, 0.2) is 48.2 Å². The maximum absolute atomic E-state index is 12.4. The fourth-order valence-corrected chi connectivity index (χ4v) is 2.42. The van der Waals surface area contributed by atoms with Crippen LogP contribution in [0.3, 0.4) is 0 Å². The normalized spacial score (nSPS) is 15.6. The van der Waals surface area contributed by atoms with Gasteiger partial charge in [-0.25, -0.2) is 0 Å². The highest BCUT2D eigenvalue weighted by atomic mass is 16.5. The number of ether oxygens (including phenoxy) is 1. The lowest BCUT2D eigenvalue weighted by Crippen LogP contribution is -2.33. The van der Waals surface area contributed by atoms with E-state index in [9.17, 15) is 4.79 Å². The van der Waals surface area contributed by atoms with E-state index in [1.165, 1.54) is 5.56 Å². The van der Waals surface area contributed by atoms with E-state index >= 15 is 0 Å². The van der Waals surface area contributed by atoms with Crippen LogP contribution in [-0.2, 0) is 11.2 Å². The van der Waals surface area contributed by atoms with Crippen molar-refractivity contribution < 1.29 is 9.53 Å². The number of nitrogens with zero attached hydrogens (tertiary/aromatic N) is 1. The van der Waals surface area contributed by atoms with Gasteiger partial charge in [0.05, 0.1) is 5.69 Å². The van der Waals surface area contributed by atoms with Crippen molar-refractivity contribution in [2.45, 2.75) is 13.3 Å². The Morgan fingerprint density at radius 3 is 2.59 bits per heavy atom. The van der Waals surface area contributed by atoms with Crippen molar-refractivity contribution in [3.63, 3.8) is 0 Å². The standard InChI is InChI=1S/C18H18N2O2/c1-3-12-4-6-13(7-5-12)10-17-18(21)20(2)15-9-8-14(19)11-16(15)22-17/h4-11H,3,19H2,1-2H3/b17-10+. The van der Waals surface area contributed by atoms with Gasteiger partial charge < -0.3 is 15.4 Å². The zero-order chi connectivity index (χ0) is 15.7. The number of likely N-dealkylation sites (N-methyl/N-ethyl adjacent to an activating group) is 1. The number of benzene rings is 2. The van der Waals surface area contributed by atoms with Crippen molar-refractivity contribution in [2.24, 2.45) is 0 Å². The van der Waals surface area contributed by atoms with Crippen LogP contribution in [0.5, 0.6) is 5.75 Å². The van der Waals surface area contributed by atoms with Gasteiger partial charge in [0.2, 0.25) is 0 Å². The highest BCUT2D eigenvalue weighted by Gasteiger charge is 2.27. The van der Waals surface area contributed by atoms with Crippen LogP contribution >= 0.6 is 0 Å². The van der Waals surface area contributed by atoms with Crippen LogP contribution in [0.25, 0.3) is 6.08 Å². The minimum absolute atomic E-state index is 0.170. The van der Waals surface area contributed by atoms with Gasteiger partial charge in [0.1, 0.15) is 0 Å². The smallest absolute Gasteiger partial charge is 0.293 e. The predicted molar refractivity (Wildman–Crippen MR) is 88.7 cm³/mol. The van der Waals surface area contributed by atoms with Gasteiger partial charge in [0.15, 0.2) is 11.5 Å². The second-order valence-corrected chi connectivity index (χ2v) is 5.30. The molecule has 1 heterocycles. The first kappa shape index (κ1) is 14.2. The Morgan fingerprint density at radius 1 is 1.18 bits per heavy atom. The van der Waals surface area contributed by atoms with E-state index < -0.39 is 0 Å². The quantitative estimate of drug-likeness (QED) is 0.683. The molecule has 3 rings (SSSR count). The fourth-order valence-electron chi connectivity index (χ4n) is 2.42. The number of hydrogen-bond donors (Lipinski definition) is 1. The molecule has 0 bridgehead atoms. The van der Waals surface area contributed by atoms with E-state index in [-0.39, 0.29) is 5.91 Å². The lowest BCUT2D eigenvalue weighted by Gasteiger charge is -2.27. The molecule has 0 spiro atoms. The largest absolute Gasteiger partial charge is 0.449 e. The number of nitrogen functional groups attached to an aromatic ring is 1. The molecule has 0 saturated heterocycles. The maximum atomic E-state index is 12.4. The third-order valence-corrected chi connectivity index (χ3v) is 3.77. The van der Waals surface area contributed by atoms with Crippen molar-refractivity contribution in [1.82, 2.24) is 0 Å². The van der Waals surface area contributed by atoms with Crippen LogP contribution in [0.4, 0.5) is 11.4 Å². The number of carbonyl (C=O) groups is 1. The first-order valence-corrected chi connectivity index (χ1v) is 7.24. The molecule has 0 atom stereocenters. The first-order chi connectivity index (χ1) is 10.6. The SMILES string of the molecule is CCc1ccc(/C=C2/Oc3cc(N)ccc3N(C)C2=O)cc1. The third-order valence-electron chi connectivity index (χ3n) is 3.77. The summed E-state index contributed by atoms with van der Waals surface area (Å²) in [6, 6.07) is 13.3. The van der Waals surface area contributed by atoms with E-state index in [1.807, 2.05) is 12.1 Å². The summed E-state index contributed by atoms with van der Waals surface area (Å²) in [6.45, 7) is 2.11. The number of rotatable bonds is 2. The van der Waals surface area contributed by atoms with Crippen LogP contribution in [0.1, 0.15) is 18.1 Å². The molecular weight excluding hydrogens is 276 g/mol. The van der Waals surface area contributed by atoms with Crippen LogP contribution in [-0.4, -0.2) is 13.0 Å². The van der Waals surface area contributed by atoms with Crippen molar-refractivity contribution in [1.29, 1.82) is 0 Å². The van der Waals surface area contributed by atoms with E-state index in [0.29, 0.717) is 17.2 Å². The molecule has 112 valence electrons. The third kappa shape index (κ3) is 2.55. The summed E-state index contributed by atoms with van der Waals surface area (Å²) in [7, 11) is 1.73. The second kappa shape index (κ2) is 5.56. The molecule has 2 aromatic rings. The van der Waals surface area contributed by atoms with Gasteiger partial charge in [-0.1, -0.05) is 31.2 Å². The number of hydrogen-bond acceptors (Lipinski definition) is 3. The molecule has 0 aromatic heterocycles. The van der Waals surface area contributed by atoms with Gasteiger partial charge in [-0.2, -0.15) is 0 Å². The van der Waals surface area contributed by atoms with Gasteiger partial charge in [0, 0.05) is 18.8 Å². The highest BCUT2D eigenvalue weighted by Crippen LogP contribution is 2.36. The predicted octanol–water partition coefficient (Wildman–Crippen LogP) is 3.23. The lowest BCUT2D eigenvalue weighted by atomic mass is 10.1. The average Bonchev–Trinajstić information content (AvgIpc) is 2.53. The van der Waals surface area contributed by atoms with E-state index in [4.69, 9.17) is 10.5 Å². The fraction of sp³-hybridized carbons (Fsp3) is 0.167. The molecule has 1 aliphatic rings. The minimum Gasteiger partial charge on any atom is -0.449 e. The van der Waals surface area contributed by atoms with Crippen molar-refractivity contribution in [2.75, 3.05) is 17.7 Å². The molecule has 4 nitrogen and oxygen atoms in total. The van der Waals surface area contributed by atoms with Gasteiger partial charge in [-0.3, -0.25) is 4.79 Å². The molecule has 2 N–H and O–H groups in total. The molecule has 1 amide bonds. The minimum atomic E-state index is -0.170. The number of amides is 1. The molecule has 4 heteroatoms. The maximum Gasteiger partial charge on any atom is 0.293 e. The molecule has 0 saturated carbocycles. The summed E-state index contributed by atoms with van der Waals surface area (Å²) in [5.74, 6) is 0.722. The Bertz CT molecular complexity index is 748. The Kier molecular flexibility index (Phi) is 3.59. The van der Waals surface area contributed by atoms with E-state index in [0.717, 1.165) is 17.7 Å². The monoisotopic (exact) mass is 294 g/mol. The lowest BCUT2D eigenvalue weighted by molar-refractivity contribution is -0.117. The molecule has 0 aliphatic carbocycles. The Labute approximate surface area is 129 Å². The zero-order valence-corrected chi connectivity index (χ0v) is 12.7. The molecular formula is C18H18N2O2. The molecule has 22 heavy (non-hydrogen) atoms. The van der Waals surface area contributed by atoms with Gasteiger partial charge in [0.25, 0.3) is 5.91 Å². The van der Waals surface area contributed by atoms with Crippen molar-refractivity contribution in [3.05, 3.63) is 59.4 Å². The summed E-state index contributed by atoms with van der Waals surface area (Å²) in [5.41, 5.74) is 9.30. The highest BCUT2D eigenvalue weighted by molar-refractivity contribution is 6.09. The van der Waals surface area contributed by atoms with Crippen LogP contribution in [0, 0.1) is 0 Å². The van der Waals surface area contributed by atoms with E-state index in [1.54, 1.807) is 36.2 Å². The van der Waals surface area contributed by atoms with Crippen molar-refractivity contribution >= 4 is 23.4 Å². The summed E-state index contributed by atoms with van der Waals surface area (Å²) in [5, 5.41) is 0. The summed E-state index contributed by atoms with van der Waals surface area (Å²) in [6.07, 6.45) is 2.74. The summed E-state index contributed by atoms with van der Waals surface area (Å²) in [4.78, 5) is 14.0. The molecule has 0 radical (unpaired) electrons.